The number of rotatable bonds is 1. The second kappa shape index (κ2) is 3.27. The predicted octanol–water partition coefficient (Wildman–Crippen LogP) is -0.197. The van der Waals surface area contributed by atoms with Crippen LogP contribution in [0.1, 0.15) is 19.3 Å². The molecule has 1 atom stereocenters. The third-order valence-electron chi connectivity index (χ3n) is 3.32. The Morgan fingerprint density at radius 2 is 2.08 bits per heavy atom. The first-order valence-electron chi connectivity index (χ1n) is 4.89. The summed E-state index contributed by atoms with van der Waals surface area (Å²) in [6.45, 7) is 2.95. The van der Waals surface area contributed by atoms with Crippen LogP contribution in [0.3, 0.4) is 0 Å². The topological polar surface area (TPSA) is 61.4 Å². The summed E-state index contributed by atoms with van der Waals surface area (Å²) in [6.07, 6.45) is 3.04. The van der Waals surface area contributed by atoms with Gasteiger partial charge in [0.2, 0.25) is 0 Å². The van der Waals surface area contributed by atoms with Gasteiger partial charge in [-0.3, -0.25) is 4.79 Å². The standard InChI is InChI=1S/C9H16N2O2/c12-8(13)7-5-9(6-11-7)1-3-10-4-2-9/h7,10-11H,1-6H2,(H,12,13). The van der Waals surface area contributed by atoms with Gasteiger partial charge in [0.1, 0.15) is 6.04 Å². The average Bonchev–Trinajstić information content (AvgIpc) is 2.51. The minimum Gasteiger partial charge on any atom is -0.480 e. The number of carboxylic acid groups (broad SMARTS) is 1. The molecule has 2 fully saturated rings. The van der Waals surface area contributed by atoms with E-state index < -0.39 is 5.97 Å². The molecule has 2 aliphatic rings. The summed E-state index contributed by atoms with van der Waals surface area (Å²) >= 11 is 0. The third kappa shape index (κ3) is 1.69. The van der Waals surface area contributed by atoms with E-state index in [1.54, 1.807) is 0 Å². The predicted molar refractivity (Wildman–Crippen MR) is 48.6 cm³/mol. The third-order valence-corrected chi connectivity index (χ3v) is 3.32. The SMILES string of the molecule is O=C(O)C1CC2(CCNCC2)CN1. The van der Waals surface area contributed by atoms with Gasteiger partial charge in [-0.1, -0.05) is 0 Å². The van der Waals surface area contributed by atoms with Crippen LogP contribution in [0, 0.1) is 5.41 Å². The van der Waals surface area contributed by atoms with E-state index in [9.17, 15) is 4.79 Å². The van der Waals surface area contributed by atoms with Crippen molar-refractivity contribution in [2.45, 2.75) is 25.3 Å². The van der Waals surface area contributed by atoms with Crippen molar-refractivity contribution in [2.24, 2.45) is 5.41 Å². The minimum atomic E-state index is -0.699. The van der Waals surface area contributed by atoms with Gasteiger partial charge in [0, 0.05) is 6.54 Å². The van der Waals surface area contributed by atoms with Gasteiger partial charge >= 0.3 is 5.97 Å². The molecule has 0 radical (unpaired) electrons. The molecule has 2 aliphatic heterocycles. The Labute approximate surface area is 77.7 Å². The molecule has 0 aromatic heterocycles. The molecule has 0 saturated carbocycles. The Bertz CT molecular complexity index is 212. The number of carbonyl (C=O) groups is 1. The Morgan fingerprint density at radius 1 is 1.38 bits per heavy atom. The summed E-state index contributed by atoms with van der Waals surface area (Å²) in [4.78, 5) is 10.7. The van der Waals surface area contributed by atoms with Crippen molar-refractivity contribution in [1.82, 2.24) is 10.6 Å². The van der Waals surface area contributed by atoms with Crippen LogP contribution in [0.15, 0.2) is 0 Å². The van der Waals surface area contributed by atoms with Gasteiger partial charge in [-0.05, 0) is 37.8 Å². The van der Waals surface area contributed by atoms with Crippen LogP contribution >= 0.6 is 0 Å². The lowest BCUT2D eigenvalue weighted by Crippen LogP contribution is -2.37. The van der Waals surface area contributed by atoms with Crippen molar-refractivity contribution >= 4 is 5.97 Å². The quantitative estimate of drug-likeness (QED) is 0.528. The highest BCUT2D eigenvalue weighted by Gasteiger charge is 2.41. The summed E-state index contributed by atoms with van der Waals surface area (Å²) < 4.78 is 0. The van der Waals surface area contributed by atoms with Crippen LogP contribution in [0.5, 0.6) is 0 Å². The maximum absolute atomic E-state index is 10.7. The van der Waals surface area contributed by atoms with E-state index >= 15 is 0 Å². The second-order valence-corrected chi connectivity index (χ2v) is 4.23. The maximum atomic E-state index is 10.7. The Morgan fingerprint density at radius 3 is 2.62 bits per heavy atom. The van der Waals surface area contributed by atoms with Crippen molar-refractivity contribution in [3.63, 3.8) is 0 Å². The van der Waals surface area contributed by atoms with Crippen molar-refractivity contribution in [1.29, 1.82) is 0 Å². The van der Waals surface area contributed by atoms with Gasteiger partial charge in [-0.15, -0.1) is 0 Å². The molecule has 2 rings (SSSR count). The fraction of sp³-hybridized carbons (Fsp3) is 0.889. The van der Waals surface area contributed by atoms with Crippen molar-refractivity contribution in [3.05, 3.63) is 0 Å². The molecular weight excluding hydrogens is 168 g/mol. The van der Waals surface area contributed by atoms with E-state index in [0.29, 0.717) is 0 Å². The summed E-state index contributed by atoms with van der Waals surface area (Å²) in [7, 11) is 0. The van der Waals surface area contributed by atoms with Gasteiger partial charge in [0.05, 0.1) is 0 Å². The fourth-order valence-electron chi connectivity index (χ4n) is 2.43. The number of aliphatic carboxylic acids is 1. The smallest absolute Gasteiger partial charge is 0.320 e. The number of piperidine rings is 1. The molecule has 0 bridgehead atoms. The lowest BCUT2D eigenvalue weighted by atomic mass is 9.77. The molecule has 2 saturated heterocycles. The lowest BCUT2D eigenvalue weighted by Gasteiger charge is -2.32. The zero-order chi connectivity index (χ0) is 9.31. The van der Waals surface area contributed by atoms with Crippen LogP contribution in [0.4, 0.5) is 0 Å². The highest BCUT2D eigenvalue weighted by Crippen LogP contribution is 2.37. The maximum Gasteiger partial charge on any atom is 0.320 e. The molecule has 3 N–H and O–H groups in total. The highest BCUT2D eigenvalue weighted by atomic mass is 16.4. The van der Waals surface area contributed by atoms with Gasteiger partial charge < -0.3 is 15.7 Å². The average molecular weight is 184 g/mol. The molecule has 0 amide bonds. The van der Waals surface area contributed by atoms with E-state index in [1.807, 2.05) is 0 Å². The summed E-state index contributed by atoms with van der Waals surface area (Å²) in [6, 6.07) is -0.307. The molecule has 0 aromatic carbocycles. The molecule has 1 unspecified atom stereocenters. The summed E-state index contributed by atoms with van der Waals surface area (Å²) in [5.74, 6) is -0.699. The van der Waals surface area contributed by atoms with E-state index in [-0.39, 0.29) is 11.5 Å². The number of carboxylic acids is 1. The van der Waals surface area contributed by atoms with E-state index in [0.717, 1.165) is 38.9 Å². The van der Waals surface area contributed by atoms with Gasteiger partial charge in [-0.25, -0.2) is 0 Å². The number of hydrogen-bond acceptors (Lipinski definition) is 3. The molecule has 0 aromatic rings. The summed E-state index contributed by atoms with van der Waals surface area (Å²) in [5, 5.41) is 15.2. The normalized spacial score (nSPS) is 32.2. The van der Waals surface area contributed by atoms with E-state index in [4.69, 9.17) is 5.11 Å². The fourth-order valence-corrected chi connectivity index (χ4v) is 2.43. The van der Waals surface area contributed by atoms with Gasteiger partial charge in [0.15, 0.2) is 0 Å². The first-order valence-corrected chi connectivity index (χ1v) is 4.89. The zero-order valence-corrected chi connectivity index (χ0v) is 7.68. The molecule has 4 nitrogen and oxygen atoms in total. The van der Waals surface area contributed by atoms with Crippen LogP contribution in [-0.4, -0.2) is 36.8 Å². The first-order chi connectivity index (χ1) is 6.22. The highest BCUT2D eigenvalue weighted by molar-refractivity contribution is 5.74. The zero-order valence-electron chi connectivity index (χ0n) is 7.68. The van der Waals surface area contributed by atoms with Crippen molar-refractivity contribution in [2.75, 3.05) is 19.6 Å². The van der Waals surface area contributed by atoms with Crippen molar-refractivity contribution in [3.8, 4) is 0 Å². The van der Waals surface area contributed by atoms with Crippen LogP contribution < -0.4 is 10.6 Å². The molecule has 2 heterocycles. The Kier molecular flexibility index (Phi) is 2.26. The minimum absolute atomic E-state index is 0.272. The molecule has 13 heavy (non-hydrogen) atoms. The molecule has 1 spiro atoms. The summed E-state index contributed by atoms with van der Waals surface area (Å²) in [5.41, 5.74) is 0.272. The Balaban J connectivity index is 1.98. The van der Waals surface area contributed by atoms with Crippen LogP contribution in [-0.2, 0) is 4.79 Å². The molecule has 74 valence electrons. The largest absolute Gasteiger partial charge is 0.480 e. The lowest BCUT2D eigenvalue weighted by molar-refractivity contribution is -0.139. The molecule has 4 heteroatoms. The van der Waals surface area contributed by atoms with E-state index in [2.05, 4.69) is 10.6 Å². The molecule has 0 aliphatic carbocycles. The molecular formula is C9H16N2O2. The van der Waals surface area contributed by atoms with Gasteiger partial charge in [-0.2, -0.15) is 0 Å². The first kappa shape index (κ1) is 8.97. The number of hydrogen-bond donors (Lipinski definition) is 3. The number of nitrogens with one attached hydrogen (secondary N) is 2. The monoisotopic (exact) mass is 184 g/mol. The Hall–Kier alpha value is -0.610. The van der Waals surface area contributed by atoms with Crippen LogP contribution in [0.2, 0.25) is 0 Å². The second-order valence-electron chi connectivity index (χ2n) is 4.23. The van der Waals surface area contributed by atoms with Crippen molar-refractivity contribution < 1.29 is 9.90 Å². The van der Waals surface area contributed by atoms with Crippen LogP contribution in [0.25, 0.3) is 0 Å². The van der Waals surface area contributed by atoms with E-state index in [1.165, 1.54) is 0 Å². The van der Waals surface area contributed by atoms with Gasteiger partial charge in [0.25, 0.3) is 0 Å².